The Morgan fingerprint density at radius 1 is 1.60 bits per heavy atom. The van der Waals surface area contributed by atoms with E-state index in [2.05, 4.69) is 11.9 Å². The molecule has 0 aromatic rings. The average Bonchev–Trinajstić information content (AvgIpc) is 2.17. The van der Waals surface area contributed by atoms with Gasteiger partial charge in [-0.25, -0.2) is 4.79 Å². The molecule has 1 unspecified atom stereocenters. The molecule has 0 bridgehead atoms. The molecule has 0 aromatic carbocycles. The Bertz CT molecular complexity index is 230. The fourth-order valence-electron chi connectivity index (χ4n) is 0.872. The molecular formula is C9H16N2O4. The Kier molecular flexibility index (Phi) is 7.21. The highest BCUT2D eigenvalue weighted by Crippen LogP contribution is 1.93. The standard InChI is InChI=1S/C9H16N2O4/c1-2-3-7(9(13)14)11-8(12)6-15-5-4-10/h2,7H,1,3-6,10H2,(H,11,12)(H,13,14). The number of carboxylic acid groups (broad SMARTS) is 1. The lowest BCUT2D eigenvalue weighted by Crippen LogP contribution is -2.42. The molecular weight excluding hydrogens is 200 g/mol. The highest BCUT2D eigenvalue weighted by atomic mass is 16.5. The number of nitrogens with one attached hydrogen (secondary N) is 1. The molecule has 4 N–H and O–H groups in total. The number of amides is 1. The first-order chi connectivity index (χ1) is 7.11. The number of hydrogen-bond acceptors (Lipinski definition) is 4. The summed E-state index contributed by atoms with van der Waals surface area (Å²) in [6.07, 6.45) is 1.61. The first-order valence-corrected chi connectivity index (χ1v) is 4.52. The van der Waals surface area contributed by atoms with Crippen LogP contribution in [0.4, 0.5) is 0 Å². The third-order valence-electron chi connectivity index (χ3n) is 1.53. The number of hydrogen-bond donors (Lipinski definition) is 3. The van der Waals surface area contributed by atoms with E-state index < -0.39 is 17.9 Å². The van der Waals surface area contributed by atoms with Gasteiger partial charge in [0.2, 0.25) is 5.91 Å². The lowest BCUT2D eigenvalue weighted by Gasteiger charge is -2.12. The van der Waals surface area contributed by atoms with E-state index in [0.29, 0.717) is 6.54 Å². The zero-order valence-electron chi connectivity index (χ0n) is 8.44. The number of ether oxygens (including phenoxy) is 1. The Morgan fingerprint density at radius 2 is 2.27 bits per heavy atom. The van der Waals surface area contributed by atoms with Crippen molar-refractivity contribution in [2.75, 3.05) is 19.8 Å². The summed E-state index contributed by atoms with van der Waals surface area (Å²) in [7, 11) is 0. The summed E-state index contributed by atoms with van der Waals surface area (Å²) < 4.78 is 4.85. The summed E-state index contributed by atoms with van der Waals surface area (Å²) in [5.74, 6) is -1.57. The molecule has 0 saturated heterocycles. The molecule has 1 atom stereocenters. The number of carboxylic acids is 1. The van der Waals surface area contributed by atoms with E-state index in [1.165, 1.54) is 6.08 Å². The number of rotatable bonds is 8. The van der Waals surface area contributed by atoms with Gasteiger partial charge in [-0.15, -0.1) is 6.58 Å². The van der Waals surface area contributed by atoms with E-state index in [1.54, 1.807) is 0 Å². The highest BCUT2D eigenvalue weighted by Gasteiger charge is 2.17. The molecule has 0 aromatic heterocycles. The molecule has 0 radical (unpaired) electrons. The second kappa shape index (κ2) is 7.95. The molecule has 86 valence electrons. The van der Waals surface area contributed by atoms with E-state index in [-0.39, 0.29) is 19.6 Å². The fraction of sp³-hybridized carbons (Fsp3) is 0.556. The van der Waals surface area contributed by atoms with Crippen LogP contribution in [0.25, 0.3) is 0 Å². The van der Waals surface area contributed by atoms with Gasteiger partial charge in [-0.1, -0.05) is 6.08 Å². The number of nitrogens with two attached hydrogens (primary N) is 1. The van der Waals surface area contributed by atoms with Crippen LogP contribution >= 0.6 is 0 Å². The van der Waals surface area contributed by atoms with Crippen LogP contribution in [0.5, 0.6) is 0 Å². The largest absolute Gasteiger partial charge is 0.480 e. The molecule has 1 amide bonds. The molecule has 0 aliphatic carbocycles. The van der Waals surface area contributed by atoms with Crippen molar-refractivity contribution in [1.82, 2.24) is 5.32 Å². The maximum absolute atomic E-state index is 11.1. The maximum Gasteiger partial charge on any atom is 0.326 e. The second-order valence-corrected chi connectivity index (χ2v) is 2.82. The predicted octanol–water partition coefficient (Wildman–Crippen LogP) is -0.893. The molecule has 0 aliphatic rings. The molecule has 0 fully saturated rings. The van der Waals surface area contributed by atoms with Crippen molar-refractivity contribution in [3.8, 4) is 0 Å². The molecule has 0 heterocycles. The van der Waals surface area contributed by atoms with Gasteiger partial charge in [-0.05, 0) is 6.42 Å². The van der Waals surface area contributed by atoms with Gasteiger partial charge >= 0.3 is 5.97 Å². The van der Waals surface area contributed by atoms with E-state index >= 15 is 0 Å². The summed E-state index contributed by atoms with van der Waals surface area (Å²) in [5, 5.41) is 11.0. The monoisotopic (exact) mass is 216 g/mol. The fourth-order valence-corrected chi connectivity index (χ4v) is 0.872. The van der Waals surface area contributed by atoms with Crippen LogP contribution in [0.2, 0.25) is 0 Å². The minimum absolute atomic E-state index is 0.179. The summed E-state index contributed by atoms with van der Waals surface area (Å²) in [6, 6.07) is -0.948. The van der Waals surface area contributed by atoms with Gasteiger partial charge in [0.05, 0.1) is 6.61 Å². The van der Waals surface area contributed by atoms with Crippen molar-refractivity contribution in [2.24, 2.45) is 5.73 Å². The Labute approximate surface area is 88.1 Å². The van der Waals surface area contributed by atoms with E-state index in [1.807, 2.05) is 0 Å². The van der Waals surface area contributed by atoms with Crippen molar-refractivity contribution in [1.29, 1.82) is 0 Å². The zero-order valence-corrected chi connectivity index (χ0v) is 8.44. The number of carbonyl (C=O) groups is 2. The van der Waals surface area contributed by atoms with Crippen molar-refractivity contribution in [3.63, 3.8) is 0 Å². The normalized spacial score (nSPS) is 11.8. The van der Waals surface area contributed by atoms with Crippen LogP contribution in [0, 0.1) is 0 Å². The minimum Gasteiger partial charge on any atom is -0.480 e. The molecule has 6 heteroatoms. The SMILES string of the molecule is C=CCC(NC(=O)COCCN)C(=O)O. The first-order valence-electron chi connectivity index (χ1n) is 4.52. The third kappa shape index (κ3) is 6.64. The molecule has 15 heavy (non-hydrogen) atoms. The van der Waals surface area contributed by atoms with Gasteiger partial charge in [0.1, 0.15) is 12.6 Å². The van der Waals surface area contributed by atoms with Crippen molar-refractivity contribution in [3.05, 3.63) is 12.7 Å². The van der Waals surface area contributed by atoms with Gasteiger partial charge in [0, 0.05) is 6.54 Å². The molecule has 0 saturated carbocycles. The Balaban J connectivity index is 3.89. The van der Waals surface area contributed by atoms with Crippen LogP contribution in [0.3, 0.4) is 0 Å². The number of aliphatic carboxylic acids is 1. The van der Waals surface area contributed by atoms with Crippen LogP contribution in [0.15, 0.2) is 12.7 Å². The Hall–Kier alpha value is -1.40. The predicted molar refractivity (Wildman–Crippen MR) is 54.3 cm³/mol. The van der Waals surface area contributed by atoms with Crippen LogP contribution in [-0.2, 0) is 14.3 Å². The zero-order chi connectivity index (χ0) is 11.7. The lowest BCUT2D eigenvalue weighted by molar-refractivity contribution is -0.142. The third-order valence-corrected chi connectivity index (χ3v) is 1.53. The van der Waals surface area contributed by atoms with Gasteiger partial charge in [-0.2, -0.15) is 0 Å². The average molecular weight is 216 g/mol. The molecule has 0 spiro atoms. The molecule has 0 aliphatic heterocycles. The van der Waals surface area contributed by atoms with Gasteiger partial charge in [0.25, 0.3) is 0 Å². The van der Waals surface area contributed by atoms with Crippen LogP contribution in [0.1, 0.15) is 6.42 Å². The van der Waals surface area contributed by atoms with Gasteiger partial charge in [0.15, 0.2) is 0 Å². The van der Waals surface area contributed by atoms with Crippen molar-refractivity contribution < 1.29 is 19.4 Å². The lowest BCUT2D eigenvalue weighted by atomic mass is 10.2. The summed E-state index contributed by atoms with van der Waals surface area (Å²) in [5.41, 5.74) is 5.15. The van der Waals surface area contributed by atoms with Gasteiger partial charge < -0.3 is 20.9 Å². The summed E-state index contributed by atoms with van der Waals surface area (Å²) >= 11 is 0. The first kappa shape index (κ1) is 13.6. The number of carbonyl (C=O) groups excluding carboxylic acids is 1. The quantitative estimate of drug-likeness (QED) is 0.361. The highest BCUT2D eigenvalue weighted by molar-refractivity contribution is 5.84. The van der Waals surface area contributed by atoms with E-state index in [4.69, 9.17) is 15.6 Å². The second-order valence-electron chi connectivity index (χ2n) is 2.82. The maximum atomic E-state index is 11.1. The van der Waals surface area contributed by atoms with E-state index in [0.717, 1.165) is 0 Å². The van der Waals surface area contributed by atoms with Crippen LogP contribution < -0.4 is 11.1 Å². The summed E-state index contributed by atoms with van der Waals surface area (Å²) in [6.45, 7) is 3.81. The van der Waals surface area contributed by atoms with Gasteiger partial charge in [-0.3, -0.25) is 4.79 Å². The van der Waals surface area contributed by atoms with Crippen molar-refractivity contribution >= 4 is 11.9 Å². The Morgan fingerprint density at radius 3 is 2.73 bits per heavy atom. The summed E-state index contributed by atoms with van der Waals surface area (Å²) in [4.78, 5) is 21.8. The van der Waals surface area contributed by atoms with E-state index in [9.17, 15) is 9.59 Å². The minimum atomic E-state index is -1.10. The topological polar surface area (TPSA) is 102 Å². The smallest absolute Gasteiger partial charge is 0.326 e. The van der Waals surface area contributed by atoms with Crippen molar-refractivity contribution in [2.45, 2.75) is 12.5 Å². The molecule has 0 rings (SSSR count). The molecule has 6 nitrogen and oxygen atoms in total. The van der Waals surface area contributed by atoms with Crippen LogP contribution in [-0.4, -0.2) is 42.8 Å².